The second kappa shape index (κ2) is 7.29. The van der Waals surface area contributed by atoms with E-state index in [-0.39, 0.29) is 31.4 Å². The van der Waals surface area contributed by atoms with Gasteiger partial charge >= 0.3 is 0 Å². The van der Waals surface area contributed by atoms with E-state index in [1.165, 1.54) is 4.90 Å². The van der Waals surface area contributed by atoms with E-state index in [1.54, 1.807) is 6.07 Å². The van der Waals surface area contributed by atoms with E-state index < -0.39 is 23.1 Å². The Kier molecular flexibility index (Phi) is 5.41. The van der Waals surface area contributed by atoms with Crippen molar-refractivity contribution in [3.63, 3.8) is 0 Å². The van der Waals surface area contributed by atoms with Gasteiger partial charge in [-0.3, -0.25) is 4.79 Å². The lowest BCUT2D eigenvalue weighted by Gasteiger charge is -2.32. The number of halogens is 2. The molecule has 118 valence electrons. The average molecular weight is 310 g/mol. The van der Waals surface area contributed by atoms with Gasteiger partial charge in [0.25, 0.3) is 5.91 Å². The zero-order valence-electron chi connectivity index (χ0n) is 11.9. The summed E-state index contributed by atoms with van der Waals surface area (Å²) in [5, 5.41) is 17.4. The Balaban J connectivity index is 2.16. The van der Waals surface area contributed by atoms with E-state index in [1.807, 2.05) is 0 Å². The Morgan fingerprint density at radius 2 is 2.14 bits per heavy atom. The van der Waals surface area contributed by atoms with Crippen LogP contribution in [0.3, 0.4) is 0 Å². The number of likely N-dealkylation sites (tertiary alicyclic amines) is 1. The van der Waals surface area contributed by atoms with Crippen molar-refractivity contribution in [2.45, 2.75) is 18.9 Å². The Hall–Kier alpha value is -2.04. The van der Waals surface area contributed by atoms with Gasteiger partial charge in [0.05, 0.1) is 31.0 Å². The number of carbonyl (C=O) groups excluding carboxylic acids is 1. The minimum absolute atomic E-state index is 0.122. The fourth-order valence-electron chi connectivity index (χ4n) is 2.48. The van der Waals surface area contributed by atoms with Crippen LogP contribution in [-0.2, 0) is 4.74 Å². The van der Waals surface area contributed by atoms with E-state index in [4.69, 9.17) is 15.1 Å². The maximum Gasteiger partial charge on any atom is 0.259 e. The molecule has 1 N–H and O–H groups in total. The van der Waals surface area contributed by atoms with Crippen molar-refractivity contribution in [1.29, 1.82) is 5.26 Å². The van der Waals surface area contributed by atoms with Crippen LogP contribution in [0.25, 0.3) is 0 Å². The number of aliphatic hydroxyl groups is 1. The van der Waals surface area contributed by atoms with Crippen molar-refractivity contribution < 1.29 is 23.4 Å². The van der Waals surface area contributed by atoms with E-state index >= 15 is 0 Å². The Labute approximate surface area is 126 Å². The molecule has 1 aromatic rings. The molecule has 0 aromatic heterocycles. The summed E-state index contributed by atoms with van der Waals surface area (Å²) in [5.41, 5.74) is -0.823. The first-order valence-corrected chi connectivity index (χ1v) is 6.97. The molecule has 0 radical (unpaired) electrons. The molecule has 1 heterocycles. The number of nitriles is 1. The Morgan fingerprint density at radius 3 is 2.73 bits per heavy atom. The van der Waals surface area contributed by atoms with E-state index in [9.17, 15) is 13.6 Å². The molecule has 1 atom stereocenters. The van der Waals surface area contributed by atoms with Gasteiger partial charge in [-0.05, 0) is 25.0 Å². The second-order valence-electron chi connectivity index (χ2n) is 5.04. The maximum absolute atomic E-state index is 13.9. The Morgan fingerprint density at radius 1 is 1.45 bits per heavy atom. The summed E-state index contributed by atoms with van der Waals surface area (Å²) in [6.07, 6.45) is 1.12. The van der Waals surface area contributed by atoms with Crippen LogP contribution < -0.4 is 0 Å². The zero-order valence-corrected chi connectivity index (χ0v) is 11.9. The summed E-state index contributed by atoms with van der Waals surface area (Å²) >= 11 is 0. The molecule has 5 nitrogen and oxygen atoms in total. The standard InChI is InChI=1S/C15H16F2N2O3/c16-12-6-10(8-18)7-13(17)14(12)15(21)19-3-1-2-11(9-19)22-5-4-20/h6-7,11,20H,1-5,9H2. The predicted molar refractivity (Wildman–Crippen MR) is 73.0 cm³/mol. The van der Waals surface area contributed by atoms with Gasteiger partial charge in [0.1, 0.15) is 17.2 Å². The number of nitrogens with zero attached hydrogens (tertiary/aromatic N) is 2. The van der Waals surface area contributed by atoms with Crippen LogP contribution in [0.4, 0.5) is 8.78 Å². The third-order valence-electron chi connectivity index (χ3n) is 3.50. The van der Waals surface area contributed by atoms with Crippen molar-refractivity contribution in [3.8, 4) is 6.07 Å². The van der Waals surface area contributed by atoms with Crippen LogP contribution in [0, 0.1) is 23.0 Å². The Bertz CT molecular complexity index is 578. The van der Waals surface area contributed by atoms with E-state index in [0.717, 1.165) is 18.6 Å². The minimum atomic E-state index is -1.04. The van der Waals surface area contributed by atoms with Crippen LogP contribution in [0.1, 0.15) is 28.8 Å². The molecule has 0 saturated carbocycles. The van der Waals surface area contributed by atoms with Gasteiger partial charge in [0.2, 0.25) is 0 Å². The molecular formula is C15H16F2N2O3. The van der Waals surface area contributed by atoms with E-state index in [0.29, 0.717) is 13.0 Å². The highest BCUT2D eigenvalue weighted by atomic mass is 19.1. The minimum Gasteiger partial charge on any atom is -0.394 e. The maximum atomic E-state index is 13.9. The molecule has 1 saturated heterocycles. The van der Waals surface area contributed by atoms with Crippen LogP contribution >= 0.6 is 0 Å². The number of piperidine rings is 1. The number of rotatable bonds is 4. The highest BCUT2D eigenvalue weighted by Gasteiger charge is 2.28. The van der Waals surface area contributed by atoms with Gasteiger partial charge in [-0.15, -0.1) is 0 Å². The van der Waals surface area contributed by atoms with Crippen LogP contribution in [0.5, 0.6) is 0 Å². The lowest BCUT2D eigenvalue weighted by atomic mass is 10.0. The number of hydrogen-bond acceptors (Lipinski definition) is 4. The SMILES string of the molecule is N#Cc1cc(F)c(C(=O)N2CCCC(OCCO)C2)c(F)c1. The first-order valence-electron chi connectivity index (χ1n) is 6.97. The number of amides is 1. The lowest BCUT2D eigenvalue weighted by molar-refractivity contribution is -0.0112. The van der Waals surface area contributed by atoms with Crippen LogP contribution in [0.15, 0.2) is 12.1 Å². The highest BCUT2D eigenvalue weighted by molar-refractivity contribution is 5.95. The van der Waals surface area contributed by atoms with Crippen molar-refractivity contribution in [1.82, 2.24) is 4.90 Å². The predicted octanol–water partition coefficient (Wildman–Crippen LogP) is 1.45. The van der Waals surface area contributed by atoms with Crippen molar-refractivity contribution in [3.05, 3.63) is 34.9 Å². The molecule has 22 heavy (non-hydrogen) atoms. The smallest absolute Gasteiger partial charge is 0.259 e. The van der Waals surface area contributed by atoms with Gasteiger partial charge in [-0.2, -0.15) is 5.26 Å². The van der Waals surface area contributed by atoms with Gasteiger partial charge < -0.3 is 14.7 Å². The number of carbonyl (C=O) groups is 1. The van der Waals surface area contributed by atoms with E-state index in [2.05, 4.69) is 0 Å². The fourth-order valence-corrected chi connectivity index (χ4v) is 2.48. The summed E-state index contributed by atoms with van der Waals surface area (Å²) in [4.78, 5) is 13.7. The molecule has 1 unspecified atom stereocenters. The van der Waals surface area contributed by atoms with Crippen LogP contribution in [-0.4, -0.2) is 48.3 Å². The van der Waals surface area contributed by atoms with Crippen molar-refractivity contribution in [2.75, 3.05) is 26.3 Å². The first-order chi connectivity index (χ1) is 10.6. The molecule has 0 bridgehead atoms. The normalized spacial score (nSPS) is 18.1. The lowest BCUT2D eigenvalue weighted by Crippen LogP contribution is -2.44. The molecule has 2 rings (SSSR count). The molecule has 0 spiro atoms. The molecule has 1 aliphatic heterocycles. The summed E-state index contributed by atoms with van der Waals surface area (Å²) in [6, 6.07) is 3.33. The number of hydrogen-bond donors (Lipinski definition) is 1. The molecule has 1 aliphatic rings. The molecule has 0 aliphatic carbocycles. The van der Waals surface area contributed by atoms with Crippen molar-refractivity contribution >= 4 is 5.91 Å². The number of aliphatic hydroxyl groups excluding tert-OH is 1. The summed E-state index contributed by atoms with van der Waals surface area (Å²) < 4.78 is 33.2. The molecule has 1 aromatic carbocycles. The van der Waals surface area contributed by atoms with Gasteiger partial charge in [0, 0.05) is 13.1 Å². The van der Waals surface area contributed by atoms with Gasteiger partial charge in [-0.25, -0.2) is 8.78 Å². The zero-order chi connectivity index (χ0) is 16.1. The highest BCUT2D eigenvalue weighted by Crippen LogP contribution is 2.21. The van der Waals surface area contributed by atoms with Gasteiger partial charge in [0.15, 0.2) is 0 Å². The average Bonchev–Trinajstić information content (AvgIpc) is 2.52. The number of ether oxygens (including phenoxy) is 1. The first kappa shape index (κ1) is 16.3. The summed E-state index contributed by atoms with van der Waals surface area (Å²) in [5.74, 6) is -2.84. The van der Waals surface area contributed by atoms with Crippen LogP contribution in [0.2, 0.25) is 0 Å². The monoisotopic (exact) mass is 310 g/mol. The molecule has 1 amide bonds. The second-order valence-corrected chi connectivity index (χ2v) is 5.04. The quantitative estimate of drug-likeness (QED) is 0.913. The summed E-state index contributed by atoms with van der Waals surface area (Å²) in [6.45, 7) is 0.643. The molecular weight excluding hydrogens is 294 g/mol. The third kappa shape index (κ3) is 3.59. The topological polar surface area (TPSA) is 73.6 Å². The number of benzene rings is 1. The van der Waals surface area contributed by atoms with Gasteiger partial charge in [-0.1, -0.05) is 0 Å². The molecule has 1 fully saturated rings. The largest absolute Gasteiger partial charge is 0.394 e. The third-order valence-corrected chi connectivity index (χ3v) is 3.50. The summed E-state index contributed by atoms with van der Waals surface area (Å²) in [7, 11) is 0. The molecule has 7 heteroatoms. The fraction of sp³-hybridized carbons (Fsp3) is 0.467. The van der Waals surface area contributed by atoms with Crippen molar-refractivity contribution in [2.24, 2.45) is 0 Å².